The van der Waals surface area contributed by atoms with Gasteiger partial charge >= 0.3 is 0 Å². The molecule has 94 valence electrons. The van der Waals surface area contributed by atoms with Crippen molar-refractivity contribution in [2.75, 3.05) is 7.05 Å². The predicted molar refractivity (Wildman–Crippen MR) is 70.8 cm³/mol. The largest absolute Gasteiger partial charge is 0.467 e. The number of nitrogens with one attached hydrogen (secondary N) is 1. The summed E-state index contributed by atoms with van der Waals surface area (Å²) in [6.45, 7) is 0.900. The minimum atomic E-state index is 0.700. The predicted octanol–water partition coefficient (Wildman–Crippen LogP) is 2.76. The van der Waals surface area contributed by atoms with Gasteiger partial charge in [-0.2, -0.15) is 0 Å². The minimum Gasteiger partial charge on any atom is -0.467 e. The van der Waals surface area contributed by atoms with Gasteiger partial charge in [0.1, 0.15) is 5.76 Å². The molecule has 1 aromatic rings. The third kappa shape index (κ3) is 2.44. The van der Waals surface area contributed by atoms with Gasteiger partial charge in [0.15, 0.2) is 0 Å². The van der Waals surface area contributed by atoms with E-state index in [1.54, 1.807) is 6.26 Å². The molecule has 0 spiro atoms. The summed E-state index contributed by atoms with van der Waals surface area (Å²) < 4.78 is 6.58. The maximum atomic E-state index is 5.49. The summed E-state index contributed by atoms with van der Waals surface area (Å²) in [5, 5.41) is 3.69. The molecule has 0 aliphatic carbocycles. The molecule has 0 aromatic carbocycles. The zero-order valence-corrected chi connectivity index (χ0v) is 11.7. The Morgan fingerprint density at radius 1 is 1.41 bits per heavy atom. The van der Waals surface area contributed by atoms with Crippen LogP contribution in [0.4, 0.5) is 0 Å². The fourth-order valence-electron chi connectivity index (χ4n) is 3.18. The number of fused-ring (bicyclic) bond motifs is 2. The summed E-state index contributed by atoms with van der Waals surface area (Å²) >= 11 is 3.52. The number of piperidine rings is 1. The van der Waals surface area contributed by atoms with E-state index in [0.717, 1.165) is 28.9 Å². The molecule has 3 rings (SSSR count). The van der Waals surface area contributed by atoms with E-state index in [0.29, 0.717) is 6.04 Å². The van der Waals surface area contributed by atoms with E-state index in [1.165, 1.54) is 25.7 Å². The van der Waals surface area contributed by atoms with Gasteiger partial charge in [0, 0.05) is 18.1 Å². The molecule has 2 fully saturated rings. The third-order valence-corrected chi connectivity index (χ3v) is 4.86. The molecule has 2 atom stereocenters. The quantitative estimate of drug-likeness (QED) is 0.930. The van der Waals surface area contributed by atoms with Crippen LogP contribution in [0.25, 0.3) is 0 Å². The van der Waals surface area contributed by atoms with E-state index in [-0.39, 0.29) is 0 Å². The molecule has 17 heavy (non-hydrogen) atoms. The van der Waals surface area contributed by atoms with Crippen LogP contribution in [0.3, 0.4) is 0 Å². The molecule has 3 heterocycles. The molecule has 4 heteroatoms. The molecule has 3 nitrogen and oxygen atoms in total. The second kappa shape index (κ2) is 4.75. The number of hydrogen-bond donors (Lipinski definition) is 1. The Balaban J connectivity index is 1.63. The highest BCUT2D eigenvalue weighted by Gasteiger charge is 2.35. The molecule has 2 bridgehead atoms. The average molecular weight is 299 g/mol. The van der Waals surface area contributed by atoms with Gasteiger partial charge in [-0.3, -0.25) is 4.90 Å². The highest BCUT2D eigenvalue weighted by atomic mass is 79.9. The van der Waals surface area contributed by atoms with Crippen LogP contribution in [0.5, 0.6) is 0 Å². The van der Waals surface area contributed by atoms with Gasteiger partial charge in [-0.05, 0) is 54.7 Å². The zero-order valence-electron chi connectivity index (χ0n) is 10.2. The first-order valence-electron chi connectivity index (χ1n) is 6.40. The highest BCUT2D eigenvalue weighted by molar-refractivity contribution is 9.10. The maximum absolute atomic E-state index is 5.49. The number of halogens is 1. The molecular weight excluding hydrogens is 280 g/mol. The van der Waals surface area contributed by atoms with Crippen molar-refractivity contribution < 1.29 is 4.42 Å². The molecule has 1 N–H and O–H groups in total. The lowest BCUT2D eigenvalue weighted by Gasteiger charge is -2.35. The Morgan fingerprint density at radius 2 is 2.12 bits per heavy atom. The van der Waals surface area contributed by atoms with Crippen molar-refractivity contribution in [1.82, 2.24) is 10.2 Å². The van der Waals surface area contributed by atoms with Gasteiger partial charge < -0.3 is 9.73 Å². The van der Waals surface area contributed by atoms with Crippen molar-refractivity contribution in [2.24, 2.45) is 0 Å². The first-order valence-corrected chi connectivity index (χ1v) is 7.20. The monoisotopic (exact) mass is 298 g/mol. The summed E-state index contributed by atoms with van der Waals surface area (Å²) in [5.74, 6) is 1.04. The van der Waals surface area contributed by atoms with Gasteiger partial charge in [0.25, 0.3) is 0 Å². The SMILES string of the molecule is CN(Cc1occc1Br)C1CC2CCC(C1)N2. The summed E-state index contributed by atoms with van der Waals surface area (Å²) in [5.41, 5.74) is 0. The molecule has 2 unspecified atom stereocenters. The minimum absolute atomic E-state index is 0.700. The molecular formula is C13H19BrN2O. The van der Waals surface area contributed by atoms with Crippen LogP contribution in [-0.4, -0.2) is 30.1 Å². The third-order valence-electron chi connectivity index (χ3n) is 4.16. The van der Waals surface area contributed by atoms with E-state index >= 15 is 0 Å². The molecule has 2 aliphatic rings. The van der Waals surface area contributed by atoms with E-state index in [2.05, 4.69) is 33.2 Å². The smallest absolute Gasteiger partial charge is 0.131 e. The van der Waals surface area contributed by atoms with E-state index in [9.17, 15) is 0 Å². The van der Waals surface area contributed by atoms with E-state index in [4.69, 9.17) is 4.42 Å². The summed E-state index contributed by atoms with van der Waals surface area (Å²) in [6.07, 6.45) is 7.04. The van der Waals surface area contributed by atoms with Crippen LogP contribution in [0.1, 0.15) is 31.4 Å². The van der Waals surface area contributed by atoms with Gasteiger partial charge in [0.2, 0.25) is 0 Å². The fourth-order valence-corrected chi connectivity index (χ4v) is 3.51. The van der Waals surface area contributed by atoms with Crippen LogP contribution < -0.4 is 5.32 Å². The normalized spacial score (nSPS) is 32.3. The lowest BCUT2D eigenvalue weighted by Crippen LogP contribution is -2.46. The van der Waals surface area contributed by atoms with E-state index in [1.807, 2.05) is 6.07 Å². The van der Waals surface area contributed by atoms with Crippen LogP contribution in [-0.2, 0) is 6.54 Å². The highest BCUT2D eigenvalue weighted by Crippen LogP contribution is 2.30. The first-order chi connectivity index (χ1) is 8.22. The summed E-state index contributed by atoms with van der Waals surface area (Å²) in [4.78, 5) is 2.44. The molecule has 2 saturated heterocycles. The molecule has 2 aliphatic heterocycles. The van der Waals surface area contributed by atoms with Gasteiger partial charge in [-0.25, -0.2) is 0 Å². The second-order valence-electron chi connectivity index (χ2n) is 5.37. The van der Waals surface area contributed by atoms with E-state index < -0.39 is 0 Å². The summed E-state index contributed by atoms with van der Waals surface area (Å²) in [6, 6.07) is 4.17. The fraction of sp³-hybridized carbons (Fsp3) is 0.692. The van der Waals surface area contributed by atoms with Crippen molar-refractivity contribution >= 4 is 15.9 Å². The lowest BCUT2D eigenvalue weighted by molar-refractivity contribution is 0.156. The van der Waals surface area contributed by atoms with Crippen LogP contribution >= 0.6 is 15.9 Å². The topological polar surface area (TPSA) is 28.4 Å². The Labute approximate surface area is 111 Å². The number of rotatable bonds is 3. The Bertz CT molecular complexity index is 381. The van der Waals surface area contributed by atoms with Crippen molar-refractivity contribution in [2.45, 2.75) is 50.4 Å². The van der Waals surface area contributed by atoms with Gasteiger partial charge in [-0.15, -0.1) is 0 Å². The number of nitrogens with zero attached hydrogens (tertiary/aromatic N) is 1. The van der Waals surface area contributed by atoms with Crippen LogP contribution in [0.2, 0.25) is 0 Å². The lowest BCUT2D eigenvalue weighted by atomic mass is 9.98. The Hall–Kier alpha value is -0.320. The van der Waals surface area contributed by atoms with Crippen molar-refractivity contribution in [1.29, 1.82) is 0 Å². The number of hydrogen-bond acceptors (Lipinski definition) is 3. The van der Waals surface area contributed by atoms with Crippen molar-refractivity contribution in [3.05, 3.63) is 22.6 Å². The molecule has 0 amide bonds. The van der Waals surface area contributed by atoms with Crippen molar-refractivity contribution in [3.63, 3.8) is 0 Å². The van der Waals surface area contributed by atoms with Gasteiger partial charge in [0.05, 0.1) is 17.3 Å². The standard InChI is InChI=1S/C13H19BrN2O/c1-16(8-13-12(14)4-5-17-13)11-6-9-2-3-10(7-11)15-9/h4-5,9-11,15H,2-3,6-8H2,1H3. The zero-order chi connectivity index (χ0) is 11.8. The second-order valence-corrected chi connectivity index (χ2v) is 6.22. The summed E-state index contributed by atoms with van der Waals surface area (Å²) in [7, 11) is 2.21. The van der Waals surface area contributed by atoms with Gasteiger partial charge in [-0.1, -0.05) is 0 Å². The average Bonchev–Trinajstić information content (AvgIpc) is 2.86. The first kappa shape index (κ1) is 11.8. The van der Waals surface area contributed by atoms with Crippen LogP contribution in [0, 0.1) is 0 Å². The number of furan rings is 1. The Kier molecular flexibility index (Phi) is 3.28. The Morgan fingerprint density at radius 3 is 2.71 bits per heavy atom. The van der Waals surface area contributed by atoms with Crippen molar-refractivity contribution in [3.8, 4) is 0 Å². The molecule has 0 saturated carbocycles. The molecule has 1 aromatic heterocycles. The van der Waals surface area contributed by atoms with Crippen LogP contribution in [0.15, 0.2) is 21.2 Å². The molecule has 0 radical (unpaired) electrons. The maximum Gasteiger partial charge on any atom is 0.131 e.